The number of allylic oxidation sites excluding steroid dienone is 2. The SMILES string of the molecule is Cc1ccc(N2C(=O)C3CC=C4C(CC5(Cl)C(=O)N(C)C(=O)C5(Cl)C4c4cc(OC(F)(F)F)ccc4O)C3C2=O)cc1Cl. The van der Waals surface area contributed by atoms with Crippen molar-refractivity contribution >= 4 is 64.1 Å². The van der Waals surface area contributed by atoms with Crippen molar-refractivity contribution < 1.29 is 42.2 Å². The van der Waals surface area contributed by atoms with Gasteiger partial charge in [-0.1, -0.05) is 29.3 Å². The number of phenolic OH excluding ortho intramolecular Hbond substituents is 1. The highest BCUT2D eigenvalue weighted by Crippen LogP contribution is 2.66. The highest BCUT2D eigenvalue weighted by Gasteiger charge is 2.76. The molecule has 3 fully saturated rings. The number of ether oxygens (including phenoxy) is 1. The molecule has 6 atom stereocenters. The monoisotopic (exact) mass is 656 g/mol. The third-order valence-corrected chi connectivity index (χ3v) is 10.8. The number of likely N-dealkylation sites (tertiary alicyclic amines) is 1. The highest BCUT2D eigenvalue weighted by atomic mass is 35.5. The summed E-state index contributed by atoms with van der Waals surface area (Å²) in [6.07, 6.45) is -3.78. The van der Waals surface area contributed by atoms with Gasteiger partial charge in [-0.2, -0.15) is 0 Å². The number of fused-ring (bicyclic) bond motifs is 4. The molecule has 0 bridgehead atoms. The summed E-state index contributed by atoms with van der Waals surface area (Å²) in [7, 11) is 1.17. The Morgan fingerprint density at radius 2 is 1.70 bits per heavy atom. The van der Waals surface area contributed by atoms with E-state index in [2.05, 4.69) is 4.74 Å². The van der Waals surface area contributed by atoms with E-state index in [1.165, 1.54) is 13.1 Å². The van der Waals surface area contributed by atoms with Gasteiger partial charge < -0.3 is 9.84 Å². The number of hydrogen-bond acceptors (Lipinski definition) is 6. The third-order valence-electron chi connectivity index (χ3n) is 8.97. The zero-order chi connectivity index (χ0) is 31.4. The fourth-order valence-corrected chi connectivity index (χ4v) is 8.21. The van der Waals surface area contributed by atoms with Crippen molar-refractivity contribution in [1.82, 2.24) is 4.90 Å². The minimum absolute atomic E-state index is 0.0212. The Morgan fingerprint density at radius 1 is 1.00 bits per heavy atom. The van der Waals surface area contributed by atoms with Crippen molar-refractivity contribution in [2.75, 3.05) is 11.9 Å². The van der Waals surface area contributed by atoms with E-state index in [0.717, 1.165) is 33.6 Å². The van der Waals surface area contributed by atoms with Crippen LogP contribution in [0.25, 0.3) is 0 Å². The van der Waals surface area contributed by atoms with Gasteiger partial charge in [0.1, 0.15) is 11.5 Å². The Kier molecular flexibility index (Phi) is 6.65. The van der Waals surface area contributed by atoms with Gasteiger partial charge in [0.25, 0.3) is 11.8 Å². The highest BCUT2D eigenvalue weighted by molar-refractivity contribution is 6.53. The van der Waals surface area contributed by atoms with Gasteiger partial charge in [-0.15, -0.1) is 36.4 Å². The molecule has 8 nitrogen and oxygen atoms in total. The first-order valence-corrected chi connectivity index (χ1v) is 14.3. The molecule has 0 aromatic heterocycles. The van der Waals surface area contributed by atoms with Crippen LogP contribution in [0, 0.1) is 24.7 Å². The van der Waals surface area contributed by atoms with Gasteiger partial charge in [0.2, 0.25) is 11.8 Å². The molecule has 4 amide bonds. The van der Waals surface area contributed by atoms with Crippen LogP contribution in [0.5, 0.6) is 11.5 Å². The van der Waals surface area contributed by atoms with Crippen molar-refractivity contribution in [3.05, 3.63) is 64.2 Å². The number of nitrogens with zero attached hydrogens (tertiary/aromatic N) is 2. The van der Waals surface area contributed by atoms with Gasteiger partial charge in [0.05, 0.1) is 17.5 Å². The number of hydrogen-bond donors (Lipinski definition) is 1. The maximum atomic E-state index is 14.0. The first-order chi connectivity index (χ1) is 20.0. The van der Waals surface area contributed by atoms with Crippen LogP contribution in [-0.4, -0.2) is 56.8 Å². The fraction of sp³-hybridized carbons (Fsp3) is 0.379. The van der Waals surface area contributed by atoms with E-state index in [0.29, 0.717) is 10.6 Å². The first-order valence-electron chi connectivity index (χ1n) is 13.1. The van der Waals surface area contributed by atoms with E-state index in [9.17, 15) is 37.5 Å². The lowest BCUT2D eigenvalue weighted by Gasteiger charge is -2.50. The lowest BCUT2D eigenvalue weighted by molar-refractivity contribution is -0.274. The van der Waals surface area contributed by atoms with E-state index in [-0.39, 0.29) is 24.1 Å². The molecule has 0 spiro atoms. The minimum Gasteiger partial charge on any atom is -0.508 e. The summed E-state index contributed by atoms with van der Waals surface area (Å²) >= 11 is 20.3. The quantitative estimate of drug-likeness (QED) is 0.268. The van der Waals surface area contributed by atoms with Gasteiger partial charge in [-0.3, -0.25) is 24.1 Å². The average molecular weight is 658 g/mol. The van der Waals surface area contributed by atoms with Crippen molar-refractivity contribution in [3.63, 3.8) is 0 Å². The summed E-state index contributed by atoms with van der Waals surface area (Å²) in [5.41, 5.74) is 1.02. The minimum atomic E-state index is -5.08. The van der Waals surface area contributed by atoms with Crippen LogP contribution in [-0.2, 0) is 19.2 Å². The standard InChI is InChI=1S/C29H22Cl3F3N2O6/c1-12-3-4-13(9-19(12)30)37-23(39)16-7-6-15-18(21(16)24(37)40)11-27(31)25(41)36(2)26(42)28(27,32)22(15)17-10-14(5-8-20(17)38)43-29(33,34)35/h3-6,8-10,16,18,21-22,38H,7,11H2,1-2H3. The molecule has 14 heteroatoms. The number of halogens is 6. The van der Waals surface area contributed by atoms with Crippen molar-refractivity contribution in [3.8, 4) is 11.5 Å². The Labute approximate surface area is 257 Å². The van der Waals surface area contributed by atoms with E-state index < -0.39 is 74.9 Å². The second-order valence-electron chi connectivity index (χ2n) is 11.2. The van der Waals surface area contributed by atoms with Gasteiger partial charge in [-0.25, -0.2) is 4.90 Å². The summed E-state index contributed by atoms with van der Waals surface area (Å²) in [6.45, 7) is 1.76. The summed E-state index contributed by atoms with van der Waals surface area (Å²) in [4.78, 5) is 52.1. The number of phenols is 1. The Balaban J connectivity index is 1.52. The summed E-state index contributed by atoms with van der Waals surface area (Å²) in [5, 5.41) is 11.3. The van der Waals surface area contributed by atoms with Crippen molar-refractivity contribution in [2.45, 2.75) is 41.8 Å². The van der Waals surface area contributed by atoms with Crippen molar-refractivity contribution in [2.24, 2.45) is 17.8 Å². The number of amides is 4. The number of anilines is 1. The number of rotatable bonds is 3. The van der Waals surface area contributed by atoms with Crippen LogP contribution in [0.2, 0.25) is 5.02 Å². The second-order valence-corrected chi connectivity index (χ2v) is 12.9. The summed E-state index contributed by atoms with van der Waals surface area (Å²) in [6, 6.07) is 7.44. The maximum absolute atomic E-state index is 14.0. The fourth-order valence-electron chi connectivity index (χ4n) is 7.03. The zero-order valence-electron chi connectivity index (χ0n) is 22.4. The molecule has 2 aliphatic heterocycles. The first kappa shape index (κ1) is 29.8. The molecule has 2 heterocycles. The van der Waals surface area contributed by atoms with E-state index in [1.54, 1.807) is 25.1 Å². The molecular weight excluding hydrogens is 636 g/mol. The molecule has 6 unspecified atom stereocenters. The van der Waals surface area contributed by atoms with Crippen LogP contribution >= 0.6 is 34.8 Å². The molecule has 6 rings (SSSR count). The number of carbonyl (C=O) groups excluding carboxylic acids is 4. The van der Waals surface area contributed by atoms with Gasteiger partial charge in [-0.05, 0) is 61.6 Å². The number of aromatic hydroxyl groups is 1. The van der Waals surface area contributed by atoms with Gasteiger partial charge in [0.15, 0.2) is 9.75 Å². The van der Waals surface area contributed by atoms with E-state index in [4.69, 9.17) is 34.8 Å². The Hall–Kier alpha value is -3.28. The average Bonchev–Trinajstić information content (AvgIpc) is 3.26. The molecule has 1 N–H and O–H groups in total. The summed E-state index contributed by atoms with van der Waals surface area (Å²) in [5.74, 6) is -8.44. The number of alkyl halides is 5. The molecule has 2 aromatic rings. The van der Waals surface area contributed by atoms with Crippen LogP contribution in [0.3, 0.4) is 0 Å². The van der Waals surface area contributed by atoms with Crippen LogP contribution in [0.15, 0.2) is 48.0 Å². The molecule has 0 radical (unpaired) electrons. The second kappa shape index (κ2) is 9.61. The summed E-state index contributed by atoms with van der Waals surface area (Å²) < 4.78 is 43.4. The van der Waals surface area contributed by atoms with Crippen molar-refractivity contribution in [1.29, 1.82) is 0 Å². The smallest absolute Gasteiger partial charge is 0.508 e. The zero-order valence-corrected chi connectivity index (χ0v) is 24.7. The lowest BCUT2D eigenvalue weighted by Crippen LogP contribution is -2.60. The topological polar surface area (TPSA) is 104 Å². The Morgan fingerprint density at radius 3 is 2.35 bits per heavy atom. The van der Waals surface area contributed by atoms with E-state index in [1.807, 2.05) is 0 Å². The van der Waals surface area contributed by atoms with Crippen LogP contribution in [0.4, 0.5) is 18.9 Å². The number of carbonyl (C=O) groups is 4. The molecule has 2 aromatic carbocycles. The third kappa shape index (κ3) is 4.11. The van der Waals surface area contributed by atoms with Gasteiger partial charge in [0, 0.05) is 23.6 Å². The molecule has 1 saturated carbocycles. The maximum Gasteiger partial charge on any atom is 0.573 e. The molecule has 2 saturated heterocycles. The molecular formula is C29H22Cl3F3N2O6. The predicted octanol–water partition coefficient (Wildman–Crippen LogP) is 5.45. The lowest BCUT2D eigenvalue weighted by atomic mass is 9.56. The molecule has 43 heavy (non-hydrogen) atoms. The van der Waals surface area contributed by atoms with E-state index >= 15 is 0 Å². The number of aryl methyl sites for hydroxylation is 1. The number of benzene rings is 2. The molecule has 226 valence electrons. The molecule has 2 aliphatic carbocycles. The normalized spacial score (nSPS) is 32.0. The molecule has 4 aliphatic rings. The predicted molar refractivity (Wildman–Crippen MR) is 149 cm³/mol. The Bertz CT molecular complexity index is 1660. The van der Waals surface area contributed by atoms with Gasteiger partial charge >= 0.3 is 6.36 Å². The van der Waals surface area contributed by atoms with Crippen LogP contribution < -0.4 is 9.64 Å². The van der Waals surface area contributed by atoms with Crippen LogP contribution in [0.1, 0.15) is 29.9 Å². The largest absolute Gasteiger partial charge is 0.573 e. The number of imide groups is 2.